The Morgan fingerprint density at radius 2 is 1.80 bits per heavy atom. The molecule has 58 valence electrons. The molecule has 10 heavy (non-hydrogen) atoms. The molecule has 0 aromatic heterocycles. The Morgan fingerprint density at radius 1 is 1.30 bits per heavy atom. The van der Waals surface area contributed by atoms with E-state index in [1.165, 1.54) is 6.26 Å². The zero-order valence-corrected chi connectivity index (χ0v) is 7.27. The maximum absolute atomic E-state index is 10.8. The van der Waals surface area contributed by atoms with Gasteiger partial charge in [-0.2, -0.15) is 0 Å². The minimum Gasteiger partial charge on any atom is -0.224 e. The molecule has 0 heterocycles. The van der Waals surface area contributed by atoms with E-state index in [1.807, 2.05) is 0 Å². The van der Waals surface area contributed by atoms with Crippen molar-refractivity contribution in [2.24, 2.45) is 0 Å². The zero-order chi connectivity index (χ0) is 8.20. The van der Waals surface area contributed by atoms with E-state index < -0.39 is 9.84 Å². The average molecular weight is 160 g/mol. The third-order valence-electron chi connectivity index (χ3n) is 1.04. The molecule has 0 radical (unpaired) electrons. The van der Waals surface area contributed by atoms with Gasteiger partial charge in [0, 0.05) is 6.26 Å². The highest BCUT2D eigenvalue weighted by Gasteiger charge is 2.04. The lowest BCUT2D eigenvalue weighted by Gasteiger charge is -1.94. The monoisotopic (exact) mass is 160 g/mol. The Bertz CT molecular complexity index is 245. The molecule has 0 aliphatic rings. The molecule has 3 heteroatoms. The van der Waals surface area contributed by atoms with Crippen molar-refractivity contribution in [3.8, 4) is 0 Å². The van der Waals surface area contributed by atoms with Gasteiger partial charge in [-0.3, -0.25) is 0 Å². The normalized spacial score (nSPS) is 14.5. The first kappa shape index (κ1) is 9.43. The number of hydrogen-bond donors (Lipinski definition) is 0. The van der Waals surface area contributed by atoms with E-state index in [9.17, 15) is 8.42 Å². The van der Waals surface area contributed by atoms with Crippen LogP contribution < -0.4 is 0 Å². The van der Waals surface area contributed by atoms with Crippen LogP contribution in [-0.4, -0.2) is 14.7 Å². The summed E-state index contributed by atoms with van der Waals surface area (Å²) >= 11 is 0. The Kier molecular flexibility index (Phi) is 3.36. The van der Waals surface area contributed by atoms with E-state index in [0.29, 0.717) is 4.91 Å². The van der Waals surface area contributed by atoms with Gasteiger partial charge in [0.2, 0.25) is 0 Å². The topological polar surface area (TPSA) is 34.1 Å². The highest BCUT2D eigenvalue weighted by Crippen LogP contribution is 2.04. The summed E-state index contributed by atoms with van der Waals surface area (Å²) in [5, 5.41) is 0. The molecule has 0 saturated heterocycles. The summed E-state index contributed by atoms with van der Waals surface area (Å²) in [6.07, 6.45) is 6.06. The molecule has 0 aliphatic carbocycles. The van der Waals surface area contributed by atoms with Crippen LogP contribution >= 0.6 is 0 Å². The van der Waals surface area contributed by atoms with Crippen LogP contribution in [0.15, 0.2) is 23.1 Å². The predicted molar refractivity (Wildman–Crippen MR) is 43.4 cm³/mol. The molecular weight excluding hydrogens is 148 g/mol. The van der Waals surface area contributed by atoms with Gasteiger partial charge in [-0.05, 0) is 19.9 Å². The predicted octanol–water partition coefficient (Wildman–Crippen LogP) is 1.51. The van der Waals surface area contributed by atoms with E-state index >= 15 is 0 Å². The van der Waals surface area contributed by atoms with Crippen molar-refractivity contribution in [2.75, 3.05) is 6.26 Å². The number of rotatable bonds is 2. The third-order valence-corrected chi connectivity index (χ3v) is 2.27. The standard InChI is InChI=1S/C7H12O2S/c1-4-6-7(5-2)10(3,8)9/h4-6H,1-3H3/b6-4-,7-5+. The molecule has 2 nitrogen and oxygen atoms in total. The maximum atomic E-state index is 10.8. The van der Waals surface area contributed by atoms with Gasteiger partial charge < -0.3 is 0 Å². The van der Waals surface area contributed by atoms with Gasteiger partial charge in [-0.25, -0.2) is 8.42 Å². The van der Waals surface area contributed by atoms with Gasteiger partial charge in [0.25, 0.3) is 0 Å². The van der Waals surface area contributed by atoms with Crippen LogP contribution in [0, 0.1) is 0 Å². The Labute approximate surface area is 62.2 Å². The van der Waals surface area contributed by atoms with Gasteiger partial charge in [0.15, 0.2) is 9.84 Å². The maximum Gasteiger partial charge on any atom is 0.175 e. The Balaban J connectivity index is 4.75. The molecule has 0 amide bonds. The fraction of sp³-hybridized carbons (Fsp3) is 0.429. The fourth-order valence-corrected chi connectivity index (χ4v) is 1.41. The van der Waals surface area contributed by atoms with E-state index in [0.717, 1.165) is 0 Å². The SMILES string of the molecule is C/C=C\C(=C/C)S(C)(=O)=O. The van der Waals surface area contributed by atoms with Crippen molar-refractivity contribution in [1.82, 2.24) is 0 Å². The smallest absolute Gasteiger partial charge is 0.175 e. The summed E-state index contributed by atoms with van der Waals surface area (Å²) in [6.45, 7) is 3.49. The molecule has 0 aromatic rings. The van der Waals surface area contributed by atoms with Crippen molar-refractivity contribution < 1.29 is 8.42 Å². The number of allylic oxidation sites excluding steroid dienone is 3. The van der Waals surface area contributed by atoms with Crippen LogP contribution in [-0.2, 0) is 9.84 Å². The van der Waals surface area contributed by atoms with E-state index in [2.05, 4.69) is 0 Å². The van der Waals surface area contributed by atoms with E-state index in [4.69, 9.17) is 0 Å². The molecule has 0 rings (SSSR count). The summed E-state index contributed by atoms with van der Waals surface area (Å²) in [7, 11) is -3.00. The fourth-order valence-electron chi connectivity index (χ4n) is 0.598. The van der Waals surface area contributed by atoms with E-state index in [1.54, 1.807) is 32.1 Å². The highest BCUT2D eigenvalue weighted by molar-refractivity contribution is 7.94. The first-order chi connectivity index (χ1) is 4.52. The second-order valence-electron chi connectivity index (χ2n) is 1.96. The van der Waals surface area contributed by atoms with Crippen molar-refractivity contribution in [1.29, 1.82) is 0 Å². The molecule has 0 spiro atoms. The molecule has 0 N–H and O–H groups in total. The molecule has 0 aromatic carbocycles. The third kappa shape index (κ3) is 2.82. The number of sulfone groups is 1. The highest BCUT2D eigenvalue weighted by atomic mass is 32.2. The van der Waals surface area contributed by atoms with E-state index in [-0.39, 0.29) is 0 Å². The zero-order valence-electron chi connectivity index (χ0n) is 6.46. The Morgan fingerprint density at radius 3 is 1.90 bits per heavy atom. The van der Waals surface area contributed by atoms with Gasteiger partial charge in [-0.15, -0.1) is 0 Å². The van der Waals surface area contributed by atoms with Crippen LogP contribution in [0.4, 0.5) is 0 Å². The lowest BCUT2D eigenvalue weighted by atomic mass is 10.4. The van der Waals surface area contributed by atoms with Gasteiger partial charge in [0.1, 0.15) is 0 Å². The first-order valence-corrected chi connectivity index (χ1v) is 4.90. The molecule has 0 saturated carbocycles. The van der Waals surface area contributed by atoms with Crippen molar-refractivity contribution in [3.05, 3.63) is 23.1 Å². The van der Waals surface area contributed by atoms with Crippen LogP contribution in [0.3, 0.4) is 0 Å². The van der Waals surface area contributed by atoms with Crippen LogP contribution in [0.2, 0.25) is 0 Å². The minimum absolute atomic E-state index is 0.370. The van der Waals surface area contributed by atoms with Gasteiger partial charge in [-0.1, -0.05) is 12.2 Å². The van der Waals surface area contributed by atoms with Crippen LogP contribution in [0.5, 0.6) is 0 Å². The van der Waals surface area contributed by atoms with Crippen LogP contribution in [0.25, 0.3) is 0 Å². The summed E-state index contributed by atoms with van der Waals surface area (Å²) in [5.41, 5.74) is 0. The first-order valence-electron chi connectivity index (χ1n) is 3.01. The van der Waals surface area contributed by atoms with Crippen molar-refractivity contribution >= 4 is 9.84 Å². The van der Waals surface area contributed by atoms with Crippen molar-refractivity contribution in [2.45, 2.75) is 13.8 Å². The van der Waals surface area contributed by atoms with Gasteiger partial charge >= 0.3 is 0 Å². The summed E-state index contributed by atoms with van der Waals surface area (Å²) < 4.78 is 21.7. The lowest BCUT2D eigenvalue weighted by molar-refractivity contribution is 0.608. The van der Waals surface area contributed by atoms with Crippen LogP contribution in [0.1, 0.15) is 13.8 Å². The lowest BCUT2D eigenvalue weighted by Crippen LogP contribution is -1.97. The summed E-state index contributed by atoms with van der Waals surface area (Å²) in [5.74, 6) is 0. The number of hydrogen-bond acceptors (Lipinski definition) is 2. The second kappa shape index (κ2) is 3.56. The second-order valence-corrected chi connectivity index (χ2v) is 3.98. The van der Waals surface area contributed by atoms with Crippen molar-refractivity contribution in [3.63, 3.8) is 0 Å². The summed E-state index contributed by atoms with van der Waals surface area (Å²) in [6, 6.07) is 0. The van der Waals surface area contributed by atoms with Gasteiger partial charge in [0.05, 0.1) is 4.91 Å². The summed E-state index contributed by atoms with van der Waals surface area (Å²) in [4.78, 5) is 0.370. The molecule has 0 unspecified atom stereocenters. The molecular formula is C7H12O2S. The molecule has 0 atom stereocenters. The molecule has 0 bridgehead atoms. The quantitative estimate of drug-likeness (QED) is 0.574. The Hall–Kier alpha value is -0.570. The largest absolute Gasteiger partial charge is 0.224 e. The minimum atomic E-state index is -3.00. The molecule has 0 fully saturated rings. The average Bonchev–Trinajstić information content (AvgIpc) is 1.80. The molecule has 0 aliphatic heterocycles.